The number of benzene rings is 1. The second kappa shape index (κ2) is 4.29. The Balaban J connectivity index is 3.58. The van der Waals surface area contributed by atoms with Gasteiger partial charge in [0.05, 0.1) is 10.8 Å². The van der Waals surface area contributed by atoms with E-state index in [1.807, 2.05) is 0 Å². The normalized spacial score (nSPS) is 11.6. The second-order valence-corrected chi connectivity index (χ2v) is 3.41. The summed E-state index contributed by atoms with van der Waals surface area (Å²) in [6, 6.07) is 1.87. The fourth-order valence-electron chi connectivity index (χ4n) is 1.34. The third-order valence-electron chi connectivity index (χ3n) is 2.14. The highest BCUT2D eigenvalue weighted by atomic mass is 35.5. The molecule has 1 aromatic carbocycles. The number of nitrogens with zero attached hydrogens (tertiary/aromatic N) is 1. The lowest BCUT2D eigenvalue weighted by molar-refractivity contribution is -0.388. The molecular formula is C9H7ClF3NO2. The Kier molecular flexibility index (Phi) is 3.42. The zero-order chi connectivity index (χ0) is 12.5. The van der Waals surface area contributed by atoms with Crippen molar-refractivity contribution in [1.29, 1.82) is 0 Å². The molecule has 0 spiro atoms. The van der Waals surface area contributed by atoms with E-state index >= 15 is 0 Å². The van der Waals surface area contributed by atoms with Crippen LogP contribution in [0, 0.1) is 17.0 Å². The van der Waals surface area contributed by atoms with E-state index in [1.54, 1.807) is 0 Å². The molecule has 0 bridgehead atoms. The molecule has 3 nitrogen and oxygen atoms in total. The van der Waals surface area contributed by atoms with Gasteiger partial charge in [0.25, 0.3) is 5.69 Å². The SMILES string of the molecule is Cc1ccc(C(F)(F)F)c([N+](=O)[O-])c1CCl. The smallest absolute Gasteiger partial charge is 0.258 e. The number of nitro groups is 1. The Morgan fingerprint density at radius 3 is 2.38 bits per heavy atom. The van der Waals surface area contributed by atoms with Crippen molar-refractivity contribution in [2.24, 2.45) is 0 Å². The van der Waals surface area contributed by atoms with Crippen LogP contribution in [-0.2, 0) is 12.1 Å². The third kappa shape index (κ3) is 2.27. The number of nitro benzene ring substituents is 1. The molecule has 88 valence electrons. The van der Waals surface area contributed by atoms with Gasteiger partial charge >= 0.3 is 6.18 Å². The lowest BCUT2D eigenvalue weighted by atomic mass is 10.0. The molecule has 0 N–H and O–H groups in total. The van der Waals surface area contributed by atoms with Gasteiger partial charge in [-0.2, -0.15) is 13.2 Å². The Bertz CT molecular complexity index is 431. The van der Waals surface area contributed by atoms with Gasteiger partial charge in [-0.1, -0.05) is 6.07 Å². The average molecular weight is 254 g/mol. The van der Waals surface area contributed by atoms with E-state index in [0.717, 1.165) is 0 Å². The zero-order valence-corrected chi connectivity index (χ0v) is 8.89. The van der Waals surface area contributed by atoms with E-state index in [-0.39, 0.29) is 11.4 Å². The maximum atomic E-state index is 12.5. The predicted octanol–water partition coefficient (Wildman–Crippen LogP) is 3.66. The van der Waals surface area contributed by atoms with E-state index in [9.17, 15) is 23.3 Å². The minimum absolute atomic E-state index is 0.0958. The van der Waals surface area contributed by atoms with Gasteiger partial charge in [-0.15, -0.1) is 11.6 Å². The van der Waals surface area contributed by atoms with Crippen molar-refractivity contribution in [2.75, 3.05) is 0 Å². The predicted molar refractivity (Wildman–Crippen MR) is 52.4 cm³/mol. The van der Waals surface area contributed by atoms with E-state index in [4.69, 9.17) is 11.6 Å². The molecule has 0 aliphatic rings. The van der Waals surface area contributed by atoms with E-state index < -0.39 is 22.4 Å². The van der Waals surface area contributed by atoms with Crippen LogP contribution in [0.3, 0.4) is 0 Å². The molecule has 1 rings (SSSR count). The summed E-state index contributed by atoms with van der Waals surface area (Å²) in [6.45, 7) is 1.48. The monoisotopic (exact) mass is 253 g/mol. The van der Waals surface area contributed by atoms with Crippen LogP contribution in [0.15, 0.2) is 12.1 Å². The number of aryl methyl sites for hydroxylation is 1. The molecular weight excluding hydrogens is 247 g/mol. The van der Waals surface area contributed by atoms with Gasteiger partial charge in [0.1, 0.15) is 5.56 Å². The highest BCUT2D eigenvalue weighted by molar-refractivity contribution is 6.17. The Morgan fingerprint density at radius 2 is 2.00 bits per heavy atom. The minimum Gasteiger partial charge on any atom is -0.258 e. The van der Waals surface area contributed by atoms with Gasteiger partial charge in [0.2, 0.25) is 0 Å². The van der Waals surface area contributed by atoms with Crippen molar-refractivity contribution in [3.8, 4) is 0 Å². The van der Waals surface area contributed by atoms with Crippen LogP contribution in [0.1, 0.15) is 16.7 Å². The first-order chi connectivity index (χ1) is 7.29. The van der Waals surface area contributed by atoms with Gasteiger partial charge in [-0.05, 0) is 18.6 Å². The summed E-state index contributed by atoms with van der Waals surface area (Å²) in [7, 11) is 0. The number of alkyl halides is 4. The molecule has 0 aliphatic heterocycles. The van der Waals surface area contributed by atoms with E-state index in [0.29, 0.717) is 11.6 Å². The maximum Gasteiger partial charge on any atom is 0.423 e. The van der Waals surface area contributed by atoms with Crippen molar-refractivity contribution in [2.45, 2.75) is 19.0 Å². The van der Waals surface area contributed by atoms with Crippen molar-refractivity contribution in [3.63, 3.8) is 0 Å². The summed E-state index contributed by atoms with van der Waals surface area (Å²) in [6.07, 6.45) is -4.75. The molecule has 0 fully saturated rings. The number of rotatable bonds is 2. The summed E-state index contributed by atoms with van der Waals surface area (Å²) in [5, 5.41) is 10.6. The summed E-state index contributed by atoms with van der Waals surface area (Å²) < 4.78 is 37.5. The summed E-state index contributed by atoms with van der Waals surface area (Å²) in [5.74, 6) is -0.327. The molecule has 0 aliphatic carbocycles. The number of hydrogen-bond acceptors (Lipinski definition) is 2. The fraction of sp³-hybridized carbons (Fsp3) is 0.333. The van der Waals surface area contributed by atoms with Crippen LogP contribution in [-0.4, -0.2) is 4.92 Å². The zero-order valence-electron chi connectivity index (χ0n) is 8.14. The van der Waals surface area contributed by atoms with Crippen LogP contribution in [0.5, 0.6) is 0 Å². The molecule has 0 unspecified atom stereocenters. The summed E-state index contributed by atoms with van der Waals surface area (Å²) in [5.41, 5.74) is -1.95. The van der Waals surface area contributed by atoms with E-state index in [1.165, 1.54) is 13.0 Å². The molecule has 7 heteroatoms. The Morgan fingerprint density at radius 1 is 1.44 bits per heavy atom. The van der Waals surface area contributed by atoms with Crippen molar-refractivity contribution in [1.82, 2.24) is 0 Å². The van der Waals surface area contributed by atoms with Gasteiger partial charge in [-0.25, -0.2) is 0 Å². The molecule has 0 heterocycles. The molecule has 16 heavy (non-hydrogen) atoms. The first-order valence-corrected chi connectivity index (χ1v) is 4.72. The van der Waals surface area contributed by atoms with E-state index in [2.05, 4.69) is 0 Å². The summed E-state index contributed by atoms with van der Waals surface area (Å²) in [4.78, 5) is 9.60. The molecule has 0 atom stereocenters. The largest absolute Gasteiger partial charge is 0.423 e. The second-order valence-electron chi connectivity index (χ2n) is 3.15. The quantitative estimate of drug-likeness (QED) is 0.459. The van der Waals surface area contributed by atoms with Gasteiger partial charge in [0, 0.05) is 5.56 Å². The Labute approximate surface area is 94.0 Å². The van der Waals surface area contributed by atoms with Crippen molar-refractivity contribution < 1.29 is 18.1 Å². The summed E-state index contributed by atoms with van der Waals surface area (Å²) >= 11 is 5.43. The first kappa shape index (κ1) is 12.8. The minimum atomic E-state index is -4.75. The van der Waals surface area contributed by atoms with Crippen LogP contribution < -0.4 is 0 Å². The van der Waals surface area contributed by atoms with Gasteiger partial charge < -0.3 is 0 Å². The lowest BCUT2D eigenvalue weighted by Crippen LogP contribution is -2.11. The molecule has 0 aromatic heterocycles. The van der Waals surface area contributed by atoms with Crippen LogP contribution >= 0.6 is 11.6 Å². The first-order valence-electron chi connectivity index (χ1n) is 4.19. The van der Waals surface area contributed by atoms with Gasteiger partial charge in [-0.3, -0.25) is 10.1 Å². The van der Waals surface area contributed by atoms with Crippen LogP contribution in [0.4, 0.5) is 18.9 Å². The molecule has 0 saturated carbocycles. The molecule has 0 radical (unpaired) electrons. The number of halogens is 4. The van der Waals surface area contributed by atoms with Crippen molar-refractivity contribution in [3.05, 3.63) is 38.9 Å². The standard InChI is InChI=1S/C9H7ClF3NO2/c1-5-2-3-7(9(11,12)13)8(14(15)16)6(5)4-10/h2-3H,4H2,1H3. The van der Waals surface area contributed by atoms with Gasteiger partial charge in [0.15, 0.2) is 0 Å². The fourth-order valence-corrected chi connectivity index (χ4v) is 1.68. The number of hydrogen-bond donors (Lipinski definition) is 0. The molecule has 0 amide bonds. The van der Waals surface area contributed by atoms with Crippen LogP contribution in [0.25, 0.3) is 0 Å². The topological polar surface area (TPSA) is 43.1 Å². The molecule has 1 aromatic rings. The Hall–Kier alpha value is -1.30. The third-order valence-corrected chi connectivity index (χ3v) is 2.41. The van der Waals surface area contributed by atoms with Crippen LogP contribution in [0.2, 0.25) is 0 Å². The highest BCUT2D eigenvalue weighted by Gasteiger charge is 2.39. The average Bonchev–Trinajstić information content (AvgIpc) is 2.14. The highest BCUT2D eigenvalue weighted by Crippen LogP contribution is 2.39. The lowest BCUT2D eigenvalue weighted by Gasteiger charge is -2.11. The maximum absolute atomic E-state index is 12.5. The van der Waals surface area contributed by atoms with Crippen molar-refractivity contribution >= 4 is 17.3 Å². The molecule has 0 saturated heterocycles.